The molecule has 230 valence electrons. The van der Waals surface area contributed by atoms with Gasteiger partial charge in [0.2, 0.25) is 5.78 Å². The van der Waals surface area contributed by atoms with Gasteiger partial charge >= 0.3 is 5.97 Å². The Morgan fingerprint density at radius 2 is 1.86 bits per heavy atom. The Balaban J connectivity index is 1.66. The molecule has 0 spiro atoms. The van der Waals surface area contributed by atoms with Crippen LogP contribution in [0.15, 0.2) is 58.2 Å². The molecule has 0 fully saturated rings. The van der Waals surface area contributed by atoms with Crippen molar-refractivity contribution in [1.29, 1.82) is 0 Å². The summed E-state index contributed by atoms with van der Waals surface area (Å²) >= 11 is 0.918. The number of carbonyl (C=O) groups is 3. The molecule has 1 aliphatic rings. The van der Waals surface area contributed by atoms with E-state index in [0.717, 1.165) is 24.2 Å². The number of unbranched alkanes of at least 4 members (excludes halogenated alkanes) is 1. The van der Waals surface area contributed by atoms with Crippen LogP contribution in [-0.4, -0.2) is 55.2 Å². The summed E-state index contributed by atoms with van der Waals surface area (Å²) in [7, 11) is 2.73. The number of para-hydroxylation sites is 1. The number of furan rings is 1. The standard InChI is InChI=1S/C32H32N2O9S/c1-6-8-14-42-20-13-12-18(15-22(20)41-7-2)25-24(26(35)23-16-19-10-9-11-21(39-4)28(19)43-23)27(36)30(37)34(25)32-33-17(3)29(44-32)31(38)40-5/h9-13,15-16,25,36H,6-8,14H2,1-5H3. The summed E-state index contributed by atoms with van der Waals surface area (Å²) in [5.74, 6) is -1.71. The number of methoxy groups -OCH3 is 2. The second kappa shape index (κ2) is 12.8. The van der Waals surface area contributed by atoms with E-state index in [1.807, 2.05) is 6.92 Å². The lowest BCUT2D eigenvalue weighted by molar-refractivity contribution is -0.117. The summed E-state index contributed by atoms with van der Waals surface area (Å²) < 4.78 is 28.0. The van der Waals surface area contributed by atoms with E-state index in [1.54, 1.807) is 43.3 Å². The van der Waals surface area contributed by atoms with Crippen LogP contribution in [0.3, 0.4) is 0 Å². The van der Waals surface area contributed by atoms with Gasteiger partial charge in [0.25, 0.3) is 5.91 Å². The van der Waals surface area contributed by atoms with E-state index in [1.165, 1.54) is 25.2 Å². The summed E-state index contributed by atoms with van der Waals surface area (Å²) in [4.78, 5) is 46.1. The zero-order chi connectivity index (χ0) is 31.5. The number of aromatic nitrogens is 1. The quantitative estimate of drug-likeness (QED) is 0.108. The lowest BCUT2D eigenvalue weighted by atomic mass is 9.95. The van der Waals surface area contributed by atoms with Crippen molar-refractivity contribution in [2.45, 2.75) is 39.7 Å². The van der Waals surface area contributed by atoms with E-state index in [2.05, 4.69) is 11.9 Å². The molecule has 0 saturated heterocycles. The molecule has 11 nitrogen and oxygen atoms in total. The first-order valence-corrected chi connectivity index (χ1v) is 14.9. The van der Waals surface area contributed by atoms with Gasteiger partial charge in [-0.15, -0.1) is 0 Å². The van der Waals surface area contributed by atoms with E-state index < -0.39 is 29.5 Å². The molecule has 2 aromatic carbocycles. The van der Waals surface area contributed by atoms with Crippen molar-refractivity contribution < 1.29 is 42.9 Å². The highest BCUT2D eigenvalue weighted by Crippen LogP contribution is 2.46. The van der Waals surface area contributed by atoms with Crippen LogP contribution in [0.4, 0.5) is 5.13 Å². The van der Waals surface area contributed by atoms with Crippen LogP contribution in [0, 0.1) is 6.92 Å². The Kier molecular flexibility index (Phi) is 8.91. The largest absolute Gasteiger partial charge is 0.503 e. The molecule has 0 saturated carbocycles. The Hall–Kier alpha value is -4.84. The predicted molar refractivity (Wildman–Crippen MR) is 163 cm³/mol. The van der Waals surface area contributed by atoms with Gasteiger partial charge in [-0.2, -0.15) is 0 Å². The number of Topliss-reactive ketones (excluding diaryl/α,β-unsaturated/α-hetero) is 1. The lowest BCUT2D eigenvalue weighted by Gasteiger charge is -2.25. The number of ether oxygens (including phenoxy) is 4. The van der Waals surface area contributed by atoms with Gasteiger partial charge in [-0.05, 0) is 50.1 Å². The minimum atomic E-state index is -1.15. The van der Waals surface area contributed by atoms with Gasteiger partial charge in [0.15, 0.2) is 39.5 Å². The smallest absolute Gasteiger partial charge is 0.350 e. The minimum absolute atomic E-state index is 0.0965. The van der Waals surface area contributed by atoms with E-state index >= 15 is 0 Å². The number of hydrogen-bond acceptors (Lipinski definition) is 11. The molecular formula is C32H32N2O9S. The number of fused-ring (bicyclic) bond motifs is 1. The number of nitrogens with zero attached hydrogens (tertiary/aromatic N) is 2. The van der Waals surface area contributed by atoms with Gasteiger partial charge in [-0.1, -0.05) is 42.9 Å². The lowest BCUT2D eigenvalue weighted by Crippen LogP contribution is -2.31. The molecule has 4 aromatic rings. The first-order chi connectivity index (χ1) is 21.2. The van der Waals surface area contributed by atoms with Crippen LogP contribution < -0.4 is 19.1 Å². The highest BCUT2D eigenvalue weighted by atomic mass is 32.1. The Morgan fingerprint density at radius 3 is 2.57 bits per heavy atom. The average Bonchev–Trinajstić information content (AvgIpc) is 3.71. The number of carbonyl (C=O) groups excluding carboxylic acids is 3. The molecule has 1 amide bonds. The van der Waals surface area contributed by atoms with Crippen LogP contribution in [0.5, 0.6) is 17.2 Å². The molecule has 1 N–H and O–H groups in total. The molecule has 0 aliphatic carbocycles. The molecule has 44 heavy (non-hydrogen) atoms. The molecule has 0 bridgehead atoms. The third kappa shape index (κ3) is 5.48. The number of rotatable bonds is 12. The second-order valence-corrected chi connectivity index (χ2v) is 10.9. The number of benzene rings is 2. The van der Waals surface area contributed by atoms with Gasteiger partial charge in [0.1, 0.15) is 4.88 Å². The molecule has 5 rings (SSSR count). The monoisotopic (exact) mass is 620 g/mol. The molecule has 1 aliphatic heterocycles. The number of aliphatic hydroxyl groups excluding tert-OH is 1. The number of thiazole rings is 1. The maximum Gasteiger partial charge on any atom is 0.350 e. The Labute approximate surface area is 257 Å². The zero-order valence-electron chi connectivity index (χ0n) is 25.0. The summed E-state index contributed by atoms with van der Waals surface area (Å²) in [5.41, 5.74) is 0.907. The van der Waals surface area contributed by atoms with E-state index in [9.17, 15) is 19.5 Å². The average molecular weight is 621 g/mol. The van der Waals surface area contributed by atoms with Crippen molar-refractivity contribution in [3.63, 3.8) is 0 Å². The summed E-state index contributed by atoms with van der Waals surface area (Å²) in [6.07, 6.45) is 1.80. The number of anilines is 1. The second-order valence-electron chi connectivity index (χ2n) is 9.90. The van der Waals surface area contributed by atoms with Gasteiger partial charge in [-0.25, -0.2) is 9.78 Å². The maximum absolute atomic E-state index is 14.1. The van der Waals surface area contributed by atoms with Crippen LogP contribution in [0.2, 0.25) is 0 Å². The third-order valence-corrected chi connectivity index (χ3v) is 8.24. The van der Waals surface area contributed by atoms with Crippen molar-refractivity contribution in [3.05, 3.63) is 75.7 Å². The molecule has 12 heteroatoms. The fourth-order valence-corrected chi connectivity index (χ4v) is 5.98. The van der Waals surface area contributed by atoms with Crippen molar-refractivity contribution >= 4 is 45.1 Å². The number of esters is 1. The minimum Gasteiger partial charge on any atom is -0.503 e. The number of amides is 1. The van der Waals surface area contributed by atoms with Crippen molar-refractivity contribution in [3.8, 4) is 17.2 Å². The number of hydrogen-bond donors (Lipinski definition) is 1. The van der Waals surface area contributed by atoms with Gasteiger partial charge in [0.05, 0.1) is 44.7 Å². The van der Waals surface area contributed by atoms with Gasteiger partial charge < -0.3 is 28.5 Å². The fourth-order valence-electron chi connectivity index (χ4n) is 4.97. The number of ketones is 1. The first kappa shape index (κ1) is 30.6. The summed E-state index contributed by atoms with van der Waals surface area (Å²) in [6.45, 7) is 6.32. The van der Waals surface area contributed by atoms with Crippen LogP contribution in [0.1, 0.15) is 64.2 Å². The molecule has 2 aromatic heterocycles. The maximum atomic E-state index is 14.1. The van der Waals surface area contributed by atoms with Crippen LogP contribution in [0.25, 0.3) is 11.0 Å². The number of aryl methyl sites for hydroxylation is 1. The van der Waals surface area contributed by atoms with Crippen molar-refractivity contribution in [2.75, 3.05) is 32.3 Å². The third-order valence-electron chi connectivity index (χ3n) is 7.11. The Bertz CT molecular complexity index is 1770. The topological polar surface area (TPSA) is 138 Å². The van der Waals surface area contributed by atoms with E-state index in [-0.39, 0.29) is 21.3 Å². The molecule has 1 unspecified atom stereocenters. The highest BCUT2D eigenvalue weighted by molar-refractivity contribution is 7.17. The summed E-state index contributed by atoms with van der Waals surface area (Å²) in [6, 6.07) is 10.7. The van der Waals surface area contributed by atoms with Crippen molar-refractivity contribution in [1.82, 2.24) is 4.98 Å². The SMILES string of the molecule is CCCCOc1ccc(C2C(C(=O)c3cc4cccc(OC)c4o3)=C(O)C(=O)N2c2nc(C)c(C(=O)OC)s2)cc1OCC. The molecule has 0 radical (unpaired) electrons. The van der Waals surface area contributed by atoms with Crippen LogP contribution >= 0.6 is 11.3 Å². The first-order valence-electron chi connectivity index (χ1n) is 14.1. The van der Waals surface area contributed by atoms with Gasteiger partial charge in [-0.3, -0.25) is 14.5 Å². The normalized spacial score (nSPS) is 14.8. The van der Waals surface area contributed by atoms with Gasteiger partial charge in [0, 0.05) is 5.39 Å². The highest BCUT2D eigenvalue weighted by Gasteiger charge is 2.47. The Morgan fingerprint density at radius 1 is 1.07 bits per heavy atom. The molecular weight excluding hydrogens is 588 g/mol. The van der Waals surface area contributed by atoms with Crippen LogP contribution in [-0.2, 0) is 9.53 Å². The summed E-state index contributed by atoms with van der Waals surface area (Å²) in [5, 5.41) is 12.0. The molecule has 1 atom stereocenters. The number of aliphatic hydroxyl groups is 1. The van der Waals surface area contributed by atoms with Crippen molar-refractivity contribution in [2.24, 2.45) is 0 Å². The van der Waals surface area contributed by atoms with E-state index in [0.29, 0.717) is 52.7 Å². The fraction of sp³-hybridized carbons (Fsp3) is 0.312. The molecule has 3 heterocycles. The van der Waals surface area contributed by atoms with E-state index in [4.69, 9.17) is 23.4 Å². The predicted octanol–water partition coefficient (Wildman–Crippen LogP) is 6.35. The zero-order valence-corrected chi connectivity index (χ0v) is 25.8.